The first-order valence-electron chi connectivity index (χ1n) is 7.73. The third-order valence-electron chi connectivity index (χ3n) is 4.42. The van der Waals surface area contributed by atoms with Crippen LogP contribution < -0.4 is 14.8 Å². The number of aryl methyl sites for hydroxylation is 1. The van der Waals surface area contributed by atoms with E-state index in [2.05, 4.69) is 16.1 Å². The maximum absolute atomic E-state index is 12.6. The summed E-state index contributed by atoms with van der Waals surface area (Å²) < 4.78 is 33.7. The quantitative estimate of drug-likeness (QED) is 0.869. The number of hydrogen-bond donors (Lipinski definition) is 2. The van der Waals surface area contributed by atoms with Crippen LogP contribution in [-0.2, 0) is 16.4 Å². The number of nitrogens with one attached hydrogen (secondary N) is 2. The van der Waals surface area contributed by atoms with E-state index >= 15 is 0 Å². The van der Waals surface area contributed by atoms with Crippen LogP contribution in [0.25, 0.3) is 0 Å². The molecule has 6 nitrogen and oxygen atoms in total. The topological polar surface area (TPSA) is 91.2 Å². The molecule has 2 heterocycles. The molecule has 1 aromatic rings. The largest absolute Gasteiger partial charge is 0.488 e. The second kappa shape index (κ2) is 5.48. The van der Waals surface area contributed by atoms with E-state index in [0.29, 0.717) is 19.5 Å². The molecular formula is C16H21N3O3S. The van der Waals surface area contributed by atoms with E-state index in [-0.39, 0.29) is 10.5 Å². The Hall–Kier alpha value is -1.62. The lowest BCUT2D eigenvalue weighted by molar-refractivity contribution is 0.0845. The smallest absolute Gasteiger partial charge is 0.242 e. The van der Waals surface area contributed by atoms with Gasteiger partial charge in [0.25, 0.3) is 0 Å². The zero-order valence-corrected chi connectivity index (χ0v) is 14.2. The Balaban J connectivity index is 1.88. The molecule has 2 N–H and O–H groups in total. The number of ether oxygens (including phenoxy) is 1. The summed E-state index contributed by atoms with van der Waals surface area (Å²) in [4.78, 5) is 0.182. The first kappa shape index (κ1) is 16.2. The summed E-state index contributed by atoms with van der Waals surface area (Å²) in [5, 5.41) is 12.4. The average molecular weight is 335 g/mol. The third kappa shape index (κ3) is 3.20. The van der Waals surface area contributed by atoms with Crippen LogP contribution in [0.2, 0.25) is 0 Å². The fourth-order valence-electron chi connectivity index (χ4n) is 3.02. The molecule has 0 radical (unpaired) electrons. The molecule has 3 rings (SSSR count). The van der Waals surface area contributed by atoms with Crippen molar-refractivity contribution < 1.29 is 13.2 Å². The van der Waals surface area contributed by atoms with Gasteiger partial charge in [0.2, 0.25) is 10.0 Å². The van der Waals surface area contributed by atoms with Gasteiger partial charge in [-0.1, -0.05) is 0 Å². The molecule has 2 aliphatic rings. The van der Waals surface area contributed by atoms with Gasteiger partial charge >= 0.3 is 0 Å². The molecule has 1 fully saturated rings. The zero-order chi connectivity index (χ0) is 16.7. The summed E-state index contributed by atoms with van der Waals surface area (Å²) in [6.45, 7) is 4.99. The maximum atomic E-state index is 12.6. The third-order valence-corrected chi connectivity index (χ3v) is 5.96. The number of rotatable bonds is 3. The van der Waals surface area contributed by atoms with Crippen molar-refractivity contribution in [2.24, 2.45) is 0 Å². The van der Waals surface area contributed by atoms with Crippen molar-refractivity contribution in [3.63, 3.8) is 0 Å². The highest BCUT2D eigenvalue weighted by Gasteiger charge is 2.38. The van der Waals surface area contributed by atoms with Crippen molar-refractivity contribution >= 4 is 10.0 Å². The van der Waals surface area contributed by atoms with Gasteiger partial charge in [0.15, 0.2) is 0 Å². The van der Waals surface area contributed by atoms with Crippen LogP contribution in [0.15, 0.2) is 23.1 Å². The Morgan fingerprint density at radius 1 is 1.35 bits per heavy atom. The lowest BCUT2D eigenvalue weighted by atomic mass is 9.94. The van der Waals surface area contributed by atoms with E-state index in [9.17, 15) is 13.7 Å². The highest BCUT2D eigenvalue weighted by Crippen LogP contribution is 2.34. The zero-order valence-electron chi connectivity index (χ0n) is 13.3. The molecule has 0 spiro atoms. The Kier molecular flexibility index (Phi) is 3.87. The summed E-state index contributed by atoms with van der Waals surface area (Å²) >= 11 is 0. The van der Waals surface area contributed by atoms with Gasteiger partial charge in [-0.2, -0.15) is 9.98 Å². The van der Waals surface area contributed by atoms with Crippen LogP contribution in [-0.4, -0.2) is 32.6 Å². The second-order valence-electron chi connectivity index (χ2n) is 6.86. The van der Waals surface area contributed by atoms with Gasteiger partial charge in [0.1, 0.15) is 16.9 Å². The summed E-state index contributed by atoms with van der Waals surface area (Å²) in [6.07, 6.45) is 2.07. The minimum atomic E-state index is -3.74. The Morgan fingerprint density at radius 3 is 2.78 bits per heavy atom. The van der Waals surface area contributed by atoms with E-state index in [1.54, 1.807) is 12.1 Å². The van der Waals surface area contributed by atoms with Gasteiger partial charge in [-0.05, 0) is 63.4 Å². The molecule has 1 aromatic carbocycles. The van der Waals surface area contributed by atoms with Crippen LogP contribution >= 0.6 is 0 Å². The molecule has 0 bridgehead atoms. The molecule has 23 heavy (non-hydrogen) atoms. The maximum Gasteiger partial charge on any atom is 0.242 e. The fourth-order valence-corrected chi connectivity index (χ4v) is 4.41. The van der Waals surface area contributed by atoms with Crippen LogP contribution in [0.3, 0.4) is 0 Å². The highest BCUT2D eigenvalue weighted by molar-refractivity contribution is 7.89. The standard InChI is InChI=1S/C16H21N3O3S/c1-15(2)6-5-12-9-13(3-4-14(12)22-15)23(20,21)19-16(10-17)7-8-18-11-16/h3-4,9,18-19H,5-8,11H2,1-2H3/t16-/m0/s1. The Morgan fingerprint density at radius 2 is 2.13 bits per heavy atom. The van der Waals surface area contributed by atoms with Crippen molar-refractivity contribution in [1.29, 1.82) is 5.26 Å². The van der Waals surface area contributed by atoms with E-state index in [1.807, 2.05) is 13.8 Å². The summed E-state index contributed by atoms with van der Waals surface area (Å²) in [7, 11) is -3.74. The van der Waals surface area contributed by atoms with Gasteiger partial charge in [0.05, 0.1) is 11.0 Å². The summed E-state index contributed by atoms with van der Waals surface area (Å²) in [5.41, 5.74) is -0.401. The molecule has 0 aliphatic carbocycles. The molecular weight excluding hydrogens is 314 g/mol. The molecule has 7 heteroatoms. The van der Waals surface area contributed by atoms with Gasteiger partial charge in [-0.25, -0.2) is 8.42 Å². The number of fused-ring (bicyclic) bond motifs is 1. The fraction of sp³-hybridized carbons (Fsp3) is 0.562. The monoisotopic (exact) mass is 335 g/mol. The van der Waals surface area contributed by atoms with Crippen molar-refractivity contribution in [3.8, 4) is 11.8 Å². The summed E-state index contributed by atoms with van der Waals surface area (Å²) in [6, 6.07) is 6.99. The first-order valence-corrected chi connectivity index (χ1v) is 9.22. The van der Waals surface area contributed by atoms with Crippen molar-refractivity contribution in [3.05, 3.63) is 23.8 Å². The molecule has 124 valence electrons. The van der Waals surface area contributed by atoms with Crippen molar-refractivity contribution in [1.82, 2.24) is 10.0 Å². The van der Waals surface area contributed by atoms with E-state index in [4.69, 9.17) is 4.74 Å². The number of benzene rings is 1. The summed E-state index contributed by atoms with van der Waals surface area (Å²) in [5.74, 6) is 0.734. The number of hydrogen-bond acceptors (Lipinski definition) is 5. The lowest BCUT2D eigenvalue weighted by Crippen LogP contribution is -2.48. The minimum Gasteiger partial charge on any atom is -0.488 e. The molecule has 0 amide bonds. The Bertz CT molecular complexity index is 759. The highest BCUT2D eigenvalue weighted by atomic mass is 32.2. The lowest BCUT2D eigenvalue weighted by Gasteiger charge is -2.32. The average Bonchev–Trinajstić information content (AvgIpc) is 2.94. The minimum absolute atomic E-state index is 0.182. The SMILES string of the molecule is CC1(C)CCc2cc(S(=O)(=O)N[C@]3(C#N)CCNC3)ccc2O1. The van der Waals surface area contributed by atoms with Crippen molar-refractivity contribution in [2.75, 3.05) is 13.1 Å². The molecule has 0 unspecified atom stereocenters. The predicted molar refractivity (Wildman–Crippen MR) is 85.6 cm³/mol. The van der Waals surface area contributed by atoms with Crippen LogP contribution in [0.1, 0.15) is 32.3 Å². The van der Waals surface area contributed by atoms with Crippen LogP contribution in [0.5, 0.6) is 5.75 Å². The Labute approximate surface area is 136 Å². The molecule has 0 saturated carbocycles. The van der Waals surface area contributed by atoms with E-state index < -0.39 is 15.6 Å². The second-order valence-corrected chi connectivity index (χ2v) is 8.54. The number of sulfonamides is 1. The van der Waals surface area contributed by atoms with E-state index in [1.165, 1.54) is 6.07 Å². The normalized spacial score (nSPS) is 26.1. The molecule has 0 aromatic heterocycles. The molecule has 1 saturated heterocycles. The van der Waals surface area contributed by atoms with Crippen LogP contribution in [0.4, 0.5) is 0 Å². The number of nitriles is 1. The van der Waals surface area contributed by atoms with Gasteiger partial charge in [-0.15, -0.1) is 0 Å². The molecule has 1 atom stereocenters. The van der Waals surface area contributed by atoms with Crippen LogP contribution in [0, 0.1) is 11.3 Å². The first-order chi connectivity index (χ1) is 10.8. The predicted octanol–water partition coefficient (Wildman–Crippen LogP) is 1.32. The van der Waals surface area contributed by atoms with Gasteiger partial charge in [-0.3, -0.25) is 0 Å². The van der Waals surface area contributed by atoms with Gasteiger partial charge in [0, 0.05) is 6.54 Å². The van der Waals surface area contributed by atoms with Crippen molar-refractivity contribution in [2.45, 2.75) is 49.1 Å². The van der Waals surface area contributed by atoms with Gasteiger partial charge < -0.3 is 10.1 Å². The number of nitrogens with zero attached hydrogens (tertiary/aromatic N) is 1. The van der Waals surface area contributed by atoms with E-state index in [0.717, 1.165) is 24.2 Å². The molecule has 2 aliphatic heterocycles.